The van der Waals surface area contributed by atoms with Crippen LogP contribution in [0.5, 0.6) is 0 Å². The monoisotopic (exact) mass is 417 g/mol. The summed E-state index contributed by atoms with van der Waals surface area (Å²) in [6, 6.07) is 10.4. The second kappa shape index (κ2) is 7.16. The minimum atomic E-state index is -0.708. The molecule has 3 fully saturated rings. The predicted octanol–water partition coefficient (Wildman–Crippen LogP) is 3.19. The Morgan fingerprint density at radius 1 is 1.00 bits per heavy atom. The number of anilines is 1. The van der Waals surface area contributed by atoms with Crippen LogP contribution in [0.2, 0.25) is 0 Å². The van der Waals surface area contributed by atoms with Crippen LogP contribution in [0.4, 0.5) is 5.82 Å². The Kier molecular flexibility index (Phi) is 4.27. The Morgan fingerprint density at radius 2 is 1.84 bits per heavy atom. The van der Waals surface area contributed by atoms with Crippen molar-refractivity contribution in [1.29, 1.82) is 0 Å². The Hall–Kier alpha value is -3.26. The molecule has 1 spiro atoms. The molecule has 31 heavy (non-hydrogen) atoms. The second-order valence-corrected chi connectivity index (χ2v) is 8.37. The van der Waals surface area contributed by atoms with Crippen LogP contribution >= 0.6 is 0 Å². The fraction of sp³-hybridized carbons (Fsp3) is 0.391. The average molecular weight is 417 g/mol. The van der Waals surface area contributed by atoms with E-state index in [2.05, 4.69) is 32.0 Å². The molecule has 3 saturated heterocycles. The van der Waals surface area contributed by atoms with E-state index in [1.54, 1.807) is 18.6 Å². The van der Waals surface area contributed by atoms with E-state index >= 15 is 0 Å². The maximum atomic E-state index is 13.5. The van der Waals surface area contributed by atoms with Gasteiger partial charge in [0.2, 0.25) is 5.89 Å². The Morgan fingerprint density at radius 3 is 2.55 bits per heavy atom. The second-order valence-electron chi connectivity index (χ2n) is 8.37. The first-order valence-corrected chi connectivity index (χ1v) is 10.8. The van der Waals surface area contributed by atoms with Crippen molar-refractivity contribution >= 4 is 11.7 Å². The molecule has 3 aliphatic heterocycles. The number of benzene rings is 1. The summed E-state index contributed by atoms with van der Waals surface area (Å²) in [6.45, 7) is 1.41. The number of hydrogen-bond donors (Lipinski definition) is 0. The first kappa shape index (κ1) is 18.5. The highest BCUT2D eigenvalue weighted by Gasteiger charge is 2.57. The van der Waals surface area contributed by atoms with Gasteiger partial charge in [-0.25, -0.2) is 15.0 Å². The van der Waals surface area contributed by atoms with Gasteiger partial charge in [-0.1, -0.05) is 30.3 Å². The maximum absolute atomic E-state index is 13.5. The van der Waals surface area contributed by atoms with Crippen LogP contribution in [0.3, 0.4) is 0 Å². The first-order chi connectivity index (χ1) is 15.2. The molecule has 2 atom stereocenters. The van der Waals surface area contributed by atoms with Crippen molar-refractivity contribution in [2.24, 2.45) is 0 Å². The number of nitrogens with zero attached hydrogens (tertiary/aromatic N) is 5. The number of carbonyl (C=O) groups is 1. The smallest absolute Gasteiger partial charge is 0.257 e. The van der Waals surface area contributed by atoms with Crippen molar-refractivity contribution in [3.8, 4) is 11.6 Å². The van der Waals surface area contributed by atoms with E-state index in [9.17, 15) is 4.79 Å². The number of aromatic nitrogens is 3. The summed E-state index contributed by atoms with van der Waals surface area (Å²) in [6.07, 6.45) is 9.56. The summed E-state index contributed by atoms with van der Waals surface area (Å²) < 4.78 is 11.7. The molecule has 0 aliphatic carbocycles. The Labute approximate surface area is 179 Å². The molecule has 8 heteroatoms. The maximum Gasteiger partial charge on any atom is 0.257 e. The number of amides is 1. The van der Waals surface area contributed by atoms with Gasteiger partial charge in [-0.2, -0.15) is 0 Å². The third-order valence-corrected chi connectivity index (χ3v) is 6.69. The average Bonchev–Trinajstić information content (AvgIpc) is 3.55. The molecule has 3 aliphatic rings. The number of fused-ring (bicyclic) bond motifs is 1. The molecule has 0 radical (unpaired) electrons. The summed E-state index contributed by atoms with van der Waals surface area (Å²) in [5.74, 6) is 1.39. The van der Waals surface area contributed by atoms with Gasteiger partial charge in [-0.15, -0.1) is 0 Å². The number of hydrogen-bond acceptors (Lipinski definition) is 7. The van der Waals surface area contributed by atoms with Crippen LogP contribution in [0.25, 0.3) is 11.6 Å². The van der Waals surface area contributed by atoms with Crippen molar-refractivity contribution in [3.05, 3.63) is 60.7 Å². The topological polar surface area (TPSA) is 84.6 Å². The Balaban J connectivity index is 1.16. The molecule has 3 aromatic rings. The van der Waals surface area contributed by atoms with Crippen LogP contribution in [-0.2, 0) is 9.53 Å². The highest BCUT2D eigenvalue weighted by atomic mass is 16.6. The number of ether oxygens (including phenoxy) is 1. The molecule has 0 saturated carbocycles. The quantitative estimate of drug-likeness (QED) is 0.647. The number of piperidine rings is 1. The fourth-order valence-electron chi connectivity index (χ4n) is 5.09. The van der Waals surface area contributed by atoms with Gasteiger partial charge in [-0.05, 0) is 18.4 Å². The zero-order valence-electron chi connectivity index (χ0n) is 17.1. The molecular formula is C23H23N5O3. The standard InChI is InChI=1S/C23H23N5O3/c29-22-23(31-20-7-6-18(28(20)22)16-4-2-1-3-5-16)8-11-27(12-9-23)19-15-25-17(14-26-19)21-24-10-13-30-21/h1-5,10,13-15,18,20H,6-9,11-12H2/t18-,20+/m0/s1. The molecule has 0 unspecified atom stereocenters. The van der Waals surface area contributed by atoms with E-state index in [0.29, 0.717) is 37.5 Å². The minimum Gasteiger partial charge on any atom is -0.443 e. The molecular weight excluding hydrogens is 394 g/mol. The number of oxazole rings is 1. The van der Waals surface area contributed by atoms with Crippen LogP contribution in [0.15, 0.2) is 59.6 Å². The SMILES string of the molecule is O=C1N2[C@@H](CC[C@H]2c2ccccc2)OC12CCN(c1cnc(-c3ncco3)cn1)CC2. The zero-order valence-corrected chi connectivity index (χ0v) is 17.1. The molecule has 1 aromatic carbocycles. The normalized spacial score (nSPS) is 24.7. The van der Waals surface area contributed by atoms with Crippen LogP contribution < -0.4 is 4.90 Å². The molecule has 0 bridgehead atoms. The van der Waals surface area contributed by atoms with E-state index in [1.165, 1.54) is 11.8 Å². The van der Waals surface area contributed by atoms with Crippen LogP contribution in [0.1, 0.15) is 37.3 Å². The van der Waals surface area contributed by atoms with Crippen LogP contribution in [-0.4, -0.2) is 50.7 Å². The van der Waals surface area contributed by atoms with Gasteiger partial charge in [-0.3, -0.25) is 4.79 Å². The lowest BCUT2D eigenvalue weighted by Gasteiger charge is -2.38. The highest BCUT2D eigenvalue weighted by Crippen LogP contribution is 2.47. The summed E-state index contributed by atoms with van der Waals surface area (Å²) in [7, 11) is 0. The largest absolute Gasteiger partial charge is 0.443 e. The summed E-state index contributed by atoms with van der Waals surface area (Å²) in [5.41, 5.74) is 1.09. The molecule has 158 valence electrons. The van der Waals surface area contributed by atoms with Gasteiger partial charge in [0, 0.05) is 25.9 Å². The lowest BCUT2D eigenvalue weighted by atomic mass is 9.89. The van der Waals surface area contributed by atoms with Gasteiger partial charge in [0.15, 0.2) is 5.60 Å². The molecule has 5 heterocycles. The van der Waals surface area contributed by atoms with E-state index in [1.807, 2.05) is 23.1 Å². The fourth-order valence-corrected chi connectivity index (χ4v) is 5.09. The Bertz CT molecular complexity index is 1060. The third kappa shape index (κ3) is 3.01. The molecule has 8 nitrogen and oxygen atoms in total. The third-order valence-electron chi connectivity index (χ3n) is 6.69. The van der Waals surface area contributed by atoms with Gasteiger partial charge >= 0.3 is 0 Å². The number of rotatable bonds is 3. The summed E-state index contributed by atoms with van der Waals surface area (Å²) in [4.78, 5) is 30.7. The summed E-state index contributed by atoms with van der Waals surface area (Å²) in [5, 5.41) is 0. The van der Waals surface area contributed by atoms with E-state index < -0.39 is 5.60 Å². The van der Waals surface area contributed by atoms with Crippen molar-refractivity contribution in [2.75, 3.05) is 18.0 Å². The van der Waals surface area contributed by atoms with Crippen molar-refractivity contribution in [1.82, 2.24) is 19.9 Å². The van der Waals surface area contributed by atoms with Gasteiger partial charge in [0.1, 0.15) is 24.0 Å². The highest BCUT2D eigenvalue weighted by molar-refractivity contribution is 5.88. The molecule has 0 N–H and O–H groups in total. The lowest BCUT2D eigenvalue weighted by molar-refractivity contribution is -0.140. The zero-order chi connectivity index (χ0) is 20.8. The van der Waals surface area contributed by atoms with Crippen molar-refractivity contribution < 1.29 is 13.9 Å². The molecule has 1 amide bonds. The number of carbonyl (C=O) groups excluding carboxylic acids is 1. The van der Waals surface area contributed by atoms with Crippen LogP contribution in [0, 0.1) is 0 Å². The van der Waals surface area contributed by atoms with E-state index in [0.717, 1.165) is 18.7 Å². The molecule has 6 rings (SSSR count). The summed E-state index contributed by atoms with van der Waals surface area (Å²) >= 11 is 0. The van der Waals surface area contributed by atoms with E-state index in [4.69, 9.17) is 9.15 Å². The van der Waals surface area contributed by atoms with Crippen molar-refractivity contribution in [3.63, 3.8) is 0 Å². The lowest BCUT2D eigenvalue weighted by Crippen LogP contribution is -2.50. The van der Waals surface area contributed by atoms with Gasteiger partial charge in [0.25, 0.3) is 5.91 Å². The van der Waals surface area contributed by atoms with E-state index in [-0.39, 0.29) is 18.2 Å². The van der Waals surface area contributed by atoms with Crippen molar-refractivity contribution in [2.45, 2.75) is 43.6 Å². The first-order valence-electron chi connectivity index (χ1n) is 10.8. The minimum absolute atomic E-state index is 0.107. The van der Waals surface area contributed by atoms with Gasteiger partial charge < -0.3 is 19.0 Å². The predicted molar refractivity (Wildman–Crippen MR) is 112 cm³/mol. The van der Waals surface area contributed by atoms with Gasteiger partial charge in [0.05, 0.1) is 24.6 Å². The molecule has 2 aromatic heterocycles.